The Labute approximate surface area is 141 Å². The first-order valence-corrected chi connectivity index (χ1v) is 8.30. The molecule has 4 N–H and O–H groups in total. The van der Waals surface area contributed by atoms with Crippen molar-refractivity contribution < 1.29 is 10.2 Å². The van der Waals surface area contributed by atoms with E-state index in [1.807, 2.05) is 60.7 Å². The van der Waals surface area contributed by atoms with Crippen LogP contribution in [0.2, 0.25) is 0 Å². The van der Waals surface area contributed by atoms with E-state index in [0.717, 1.165) is 28.7 Å². The third-order valence-corrected chi connectivity index (χ3v) is 5.29. The molecule has 3 atom stereocenters. The van der Waals surface area contributed by atoms with Crippen molar-refractivity contribution in [2.45, 2.75) is 18.2 Å². The van der Waals surface area contributed by atoms with E-state index in [9.17, 15) is 10.2 Å². The van der Waals surface area contributed by atoms with Crippen molar-refractivity contribution in [1.29, 1.82) is 0 Å². The van der Waals surface area contributed by atoms with Crippen molar-refractivity contribution in [2.24, 2.45) is 17.6 Å². The first-order valence-electron chi connectivity index (χ1n) is 8.30. The van der Waals surface area contributed by atoms with Crippen molar-refractivity contribution in [3.8, 4) is 0 Å². The molecular weight excluding hydrogens is 298 g/mol. The van der Waals surface area contributed by atoms with Crippen molar-refractivity contribution in [3.05, 3.63) is 95.1 Å². The SMILES string of the molecule is NC(O)C1C=CC=CC1C1(O)c2ccccc2Cc2ccccc21. The lowest BCUT2D eigenvalue weighted by Crippen LogP contribution is -2.47. The zero-order chi connectivity index (χ0) is 16.7. The summed E-state index contributed by atoms with van der Waals surface area (Å²) in [7, 11) is 0. The number of benzene rings is 2. The van der Waals surface area contributed by atoms with Gasteiger partial charge in [0.1, 0.15) is 11.8 Å². The van der Waals surface area contributed by atoms with E-state index in [1.54, 1.807) is 0 Å². The van der Waals surface area contributed by atoms with Crippen molar-refractivity contribution in [3.63, 3.8) is 0 Å². The first-order chi connectivity index (χ1) is 11.6. The molecule has 122 valence electrons. The fourth-order valence-corrected chi connectivity index (χ4v) is 4.17. The predicted molar refractivity (Wildman–Crippen MR) is 94.1 cm³/mol. The molecule has 2 aliphatic rings. The number of rotatable bonds is 2. The van der Waals surface area contributed by atoms with E-state index in [-0.39, 0.29) is 11.8 Å². The Morgan fingerprint density at radius 1 is 0.917 bits per heavy atom. The number of fused-ring (bicyclic) bond motifs is 2. The van der Waals surface area contributed by atoms with E-state index in [1.165, 1.54) is 0 Å². The molecule has 3 nitrogen and oxygen atoms in total. The molecule has 0 bridgehead atoms. The molecule has 0 saturated carbocycles. The van der Waals surface area contributed by atoms with Gasteiger partial charge in [-0.2, -0.15) is 0 Å². The van der Waals surface area contributed by atoms with Gasteiger partial charge < -0.3 is 15.9 Å². The maximum atomic E-state index is 12.0. The van der Waals surface area contributed by atoms with Crippen LogP contribution in [0.5, 0.6) is 0 Å². The van der Waals surface area contributed by atoms with Crippen molar-refractivity contribution in [1.82, 2.24) is 0 Å². The molecule has 3 unspecified atom stereocenters. The number of allylic oxidation sites excluding steroid dienone is 2. The van der Waals surface area contributed by atoms with E-state index in [4.69, 9.17) is 5.73 Å². The minimum absolute atomic E-state index is 0.329. The van der Waals surface area contributed by atoms with Crippen LogP contribution in [0, 0.1) is 11.8 Å². The molecule has 2 aliphatic carbocycles. The Kier molecular flexibility index (Phi) is 3.65. The van der Waals surface area contributed by atoms with Gasteiger partial charge in [0.15, 0.2) is 0 Å². The molecule has 2 aromatic carbocycles. The molecule has 0 radical (unpaired) electrons. The van der Waals surface area contributed by atoms with Crippen LogP contribution in [0.3, 0.4) is 0 Å². The molecule has 3 heteroatoms. The average Bonchev–Trinajstić information content (AvgIpc) is 2.62. The lowest BCUT2D eigenvalue weighted by Gasteiger charge is -2.44. The van der Waals surface area contributed by atoms with E-state index in [0.29, 0.717) is 0 Å². The smallest absolute Gasteiger partial charge is 0.122 e. The summed E-state index contributed by atoms with van der Waals surface area (Å²) in [5.74, 6) is -0.677. The van der Waals surface area contributed by atoms with Crippen LogP contribution in [0.15, 0.2) is 72.8 Å². The van der Waals surface area contributed by atoms with Crippen LogP contribution < -0.4 is 5.73 Å². The Morgan fingerprint density at radius 2 is 1.46 bits per heavy atom. The summed E-state index contributed by atoms with van der Waals surface area (Å²) in [6, 6.07) is 16.0. The minimum atomic E-state index is -1.21. The van der Waals surface area contributed by atoms with Crippen LogP contribution in [0.4, 0.5) is 0 Å². The number of aliphatic hydroxyl groups is 2. The van der Waals surface area contributed by atoms with Gasteiger partial charge in [0, 0.05) is 11.8 Å². The zero-order valence-electron chi connectivity index (χ0n) is 13.3. The molecule has 0 aliphatic heterocycles. The van der Waals surface area contributed by atoms with Gasteiger partial charge in [-0.3, -0.25) is 0 Å². The maximum Gasteiger partial charge on any atom is 0.122 e. The van der Waals surface area contributed by atoms with Crippen molar-refractivity contribution >= 4 is 0 Å². The van der Waals surface area contributed by atoms with Gasteiger partial charge in [-0.1, -0.05) is 72.8 Å². The first kappa shape index (κ1) is 15.3. The highest BCUT2D eigenvalue weighted by Gasteiger charge is 2.47. The van der Waals surface area contributed by atoms with Crippen LogP contribution >= 0.6 is 0 Å². The van der Waals surface area contributed by atoms with Gasteiger partial charge in [0.2, 0.25) is 0 Å². The Balaban J connectivity index is 1.96. The lowest BCUT2D eigenvalue weighted by atomic mass is 9.64. The fraction of sp³-hybridized carbons (Fsp3) is 0.238. The van der Waals surface area contributed by atoms with Gasteiger partial charge in [-0.15, -0.1) is 0 Å². The van der Waals surface area contributed by atoms with Gasteiger partial charge in [0.05, 0.1) is 0 Å². The average molecular weight is 319 g/mol. The van der Waals surface area contributed by atoms with Gasteiger partial charge in [0.25, 0.3) is 0 Å². The highest BCUT2D eigenvalue weighted by atomic mass is 16.3. The molecule has 0 fully saturated rings. The van der Waals surface area contributed by atoms with E-state index in [2.05, 4.69) is 12.1 Å². The summed E-state index contributed by atoms with van der Waals surface area (Å²) in [4.78, 5) is 0. The van der Waals surface area contributed by atoms with Crippen LogP contribution in [-0.4, -0.2) is 16.4 Å². The van der Waals surface area contributed by atoms with Gasteiger partial charge in [-0.05, 0) is 28.7 Å². The Morgan fingerprint density at radius 3 is 2.04 bits per heavy atom. The van der Waals surface area contributed by atoms with Gasteiger partial charge in [-0.25, -0.2) is 0 Å². The summed E-state index contributed by atoms with van der Waals surface area (Å²) in [5.41, 5.74) is 8.65. The summed E-state index contributed by atoms with van der Waals surface area (Å²) in [6.07, 6.45) is 7.41. The Bertz CT molecular complexity index is 777. The molecule has 0 amide bonds. The second-order valence-corrected chi connectivity index (χ2v) is 6.62. The molecule has 0 saturated heterocycles. The molecule has 0 heterocycles. The molecule has 0 spiro atoms. The lowest BCUT2D eigenvalue weighted by molar-refractivity contribution is -0.0140. The standard InChI is InChI=1S/C21H21NO2/c22-20(23)16-9-3-6-12-19(16)21(24)17-10-4-1-7-14(17)13-15-8-2-5-11-18(15)21/h1-12,16,19-20,23-24H,13,22H2. The quantitative estimate of drug-likeness (QED) is 0.745. The Hall–Kier alpha value is -2.20. The molecule has 2 aromatic rings. The van der Waals surface area contributed by atoms with Crippen LogP contribution in [0.1, 0.15) is 22.3 Å². The highest BCUT2D eigenvalue weighted by Crippen LogP contribution is 2.48. The number of hydrogen-bond donors (Lipinski definition) is 3. The molecule has 24 heavy (non-hydrogen) atoms. The highest BCUT2D eigenvalue weighted by molar-refractivity contribution is 5.53. The van der Waals surface area contributed by atoms with Gasteiger partial charge >= 0.3 is 0 Å². The summed E-state index contributed by atoms with van der Waals surface area (Å²) >= 11 is 0. The fourth-order valence-electron chi connectivity index (χ4n) is 4.17. The van der Waals surface area contributed by atoms with E-state index < -0.39 is 11.8 Å². The normalized spacial score (nSPS) is 25.0. The summed E-state index contributed by atoms with van der Waals surface area (Å²) in [5, 5.41) is 22.0. The largest absolute Gasteiger partial charge is 0.380 e. The topological polar surface area (TPSA) is 66.5 Å². The van der Waals surface area contributed by atoms with Crippen LogP contribution in [-0.2, 0) is 12.0 Å². The number of hydrogen-bond acceptors (Lipinski definition) is 3. The maximum absolute atomic E-state index is 12.0. The van der Waals surface area contributed by atoms with Crippen molar-refractivity contribution in [2.75, 3.05) is 0 Å². The third-order valence-electron chi connectivity index (χ3n) is 5.29. The molecule has 4 rings (SSSR count). The minimum Gasteiger partial charge on any atom is -0.380 e. The zero-order valence-corrected chi connectivity index (χ0v) is 13.3. The third kappa shape index (κ3) is 2.17. The predicted octanol–water partition coefficient (Wildman–Crippen LogP) is 2.46. The number of aliphatic hydroxyl groups excluding tert-OH is 1. The monoisotopic (exact) mass is 319 g/mol. The molecular formula is C21H21NO2. The van der Waals surface area contributed by atoms with E-state index >= 15 is 0 Å². The second-order valence-electron chi connectivity index (χ2n) is 6.62. The summed E-state index contributed by atoms with van der Waals surface area (Å²) < 4.78 is 0. The summed E-state index contributed by atoms with van der Waals surface area (Å²) in [6.45, 7) is 0. The van der Waals surface area contributed by atoms with Crippen LogP contribution in [0.25, 0.3) is 0 Å². The number of nitrogens with two attached hydrogens (primary N) is 1. The molecule has 0 aromatic heterocycles. The second kappa shape index (κ2) is 5.71.